The van der Waals surface area contributed by atoms with Gasteiger partial charge in [0.1, 0.15) is 17.6 Å². The normalized spacial score (nSPS) is 16.4. The molecule has 1 saturated heterocycles. The van der Waals surface area contributed by atoms with E-state index in [2.05, 4.69) is 11.8 Å². The number of piperidine rings is 1. The second kappa shape index (κ2) is 9.74. The van der Waals surface area contributed by atoms with Crippen LogP contribution in [0.2, 0.25) is 0 Å². The van der Waals surface area contributed by atoms with Crippen molar-refractivity contribution in [3.8, 4) is 17.6 Å². The Morgan fingerprint density at radius 3 is 2.48 bits per heavy atom. The van der Waals surface area contributed by atoms with Gasteiger partial charge in [-0.2, -0.15) is 0 Å². The van der Waals surface area contributed by atoms with E-state index < -0.39 is 0 Å². The Morgan fingerprint density at radius 2 is 1.87 bits per heavy atom. The Balaban J connectivity index is 1.32. The van der Waals surface area contributed by atoms with Crippen molar-refractivity contribution in [2.75, 3.05) is 19.6 Å². The van der Waals surface area contributed by atoms with Crippen LogP contribution >= 0.6 is 0 Å². The second-order valence-electron chi connectivity index (χ2n) is 8.11. The first kappa shape index (κ1) is 21.0. The number of ether oxygens (including phenoxy) is 1. The standard InChI is InChI=1S/C25H28N2O4/c1-2-3-14-27(18-23-5-4-17-30-23)25(29)20-8-10-21(11-9-20)31-22-12-15-26(16-13-22)24(28)19-6-7-19/h4-5,8-11,17,19,22H,6-7,12-16,18H2,1H3. The number of furan rings is 1. The van der Waals surface area contributed by atoms with Crippen LogP contribution in [0.25, 0.3) is 0 Å². The van der Waals surface area contributed by atoms with E-state index in [4.69, 9.17) is 9.15 Å². The van der Waals surface area contributed by atoms with E-state index in [1.165, 1.54) is 0 Å². The van der Waals surface area contributed by atoms with Crippen molar-refractivity contribution in [2.45, 2.75) is 45.3 Å². The van der Waals surface area contributed by atoms with E-state index in [0.29, 0.717) is 24.6 Å². The van der Waals surface area contributed by atoms with E-state index in [1.807, 2.05) is 29.2 Å². The molecule has 31 heavy (non-hydrogen) atoms. The monoisotopic (exact) mass is 420 g/mol. The molecule has 6 nitrogen and oxygen atoms in total. The molecule has 0 unspecified atom stereocenters. The number of carbonyl (C=O) groups is 2. The predicted molar refractivity (Wildman–Crippen MR) is 116 cm³/mol. The third-order valence-electron chi connectivity index (χ3n) is 5.74. The number of rotatable bonds is 7. The van der Waals surface area contributed by atoms with Crippen LogP contribution in [-0.4, -0.2) is 47.4 Å². The highest BCUT2D eigenvalue weighted by Gasteiger charge is 2.35. The summed E-state index contributed by atoms with van der Waals surface area (Å²) in [6.45, 7) is 3.99. The molecule has 2 amide bonds. The zero-order valence-corrected chi connectivity index (χ0v) is 17.9. The fraction of sp³-hybridized carbons (Fsp3) is 0.440. The van der Waals surface area contributed by atoms with Gasteiger partial charge in [0.05, 0.1) is 19.4 Å². The molecular formula is C25H28N2O4. The zero-order chi connectivity index (χ0) is 21.6. The van der Waals surface area contributed by atoms with Crippen molar-refractivity contribution >= 4 is 11.8 Å². The van der Waals surface area contributed by atoms with Crippen LogP contribution in [0.3, 0.4) is 0 Å². The Hall–Kier alpha value is -3.20. The van der Waals surface area contributed by atoms with Crippen molar-refractivity contribution in [3.63, 3.8) is 0 Å². The van der Waals surface area contributed by atoms with Crippen molar-refractivity contribution in [1.82, 2.24) is 9.80 Å². The third-order valence-corrected chi connectivity index (χ3v) is 5.74. The summed E-state index contributed by atoms with van der Waals surface area (Å²) < 4.78 is 11.5. The smallest absolute Gasteiger partial charge is 0.255 e. The lowest BCUT2D eigenvalue weighted by Gasteiger charge is -2.32. The van der Waals surface area contributed by atoms with Crippen LogP contribution in [0.5, 0.6) is 5.75 Å². The first-order valence-electron chi connectivity index (χ1n) is 10.9. The minimum atomic E-state index is -0.0994. The Bertz CT molecular complexity index is 944. The SMILES string of the molecule is CC#CCN(Cc1ccco1)C(=O)c1ccc(OC2CCN(C(=O)C3CC3)CC2)cc1. The summed E-state index contributed by atoms with van der Waals surface area (Å²) >= 11 is 0. The molecule has 6 heteroatoms. The lowest BCUT2D eigenvalue weighted by atomic mass is 10.1. The summed E-state index contributed by atoms with van der Waals surface area (Å²) in [5, 5.41) is 0. The van der Waals surface area contributed by atoms with Crippen LogP contribution in [0.15, 0.2) is 47.1 Å². The highest BCUT2D eigenvalue weighted by molar-refractivity contribution is 5.94. The van der Waals surface area contributed by atoms with Crippen molar-refractivity contribution in [3.05, 3.63) is 54.0 Å². The molecule has 0 N–H and O–H groups in total. The molecule has 2 aliphatic rings. The number of hydrogen-bond acceptors (Lipinski definition) is 4. The molecule has 1 saturated carbocycles. The Morgan fingerprint density at radius 1 is 1.13 bits per heavy atom. The number of hydrogen-bond donors (Lipinski definition) is 0. The highest BCUT2D eigenvalue weighted by Crippen LogP contribution is 2.32. The maximum absolute atomic E-state index is 13.0. The predicted octanol–water partition coefficient (Wildman–Crippen LogP) is 3.73. The molecule has 2 aromatic rings. The third kappa shape index (κ3) is 5.49. The molecule has 1 aliphatic carbocycles. The molecule has 1 aromatic carbocycles. The average molecular weight is 421 g/mol. The molecule has 0 spiro atoms. The molecule has 1 aliphatic heterocycles. The van der Waals surface area contributed by atoms with Gasteiger partial charge in [0, 0.05) is 37.4 Å². The van der Waals surface area contributed by atoms with Gasteiger partial charge in [-0.25, -0.2) is 0 Å². The highest BCUT2D eigenvalue weighted by atomic mass is 16.5. The zero-order valence-electron chi connectivity index (χ0n) is 17.9. The topological polar surface area (TPSA) is 63.0 Å². The minimum absolute atomic E-state index is 0.0973. The summed E-state index contributed by atoms with van der Waals surface area (Å²) in [6.07, 6.45) is 5.47. The molecule has 0 bridgehead atoms. The molecular weight excluding hydrogens is 392 g/mol. The van der Waals surface area contributed by atoms with E-state index in [1.54, 1.807) is 30.2 Å². The van der Waals surface area contributed by atoms with Gasteiger partial charge in [-0.3, -0.25) is 9.59 Å². The van der Waals surface area contributed by atoms with Crippen LogP contribution in [-0.2, 0) is 11.3 Å². The van der Waals surface area contributed by atoms with Crippen molar-refractivity contribution < 1.29 is 18.7 Å². The first-order valence-corrected chi connectivity index (χ1v) is 10.9. The van der Waals surface area contributed by atoms with Gasteiger partial charge in [-0.05, 0) is 56.2 Å². The van der Waals surface area contributed by atoms with Crippen LogP contribution in [0.4, 0.5) is 0 Å². The van der Waals surface area contributed by atoms with E-state index in [0.717, 1.165) is 50.3 Å². The van der Waals surface area contributed by atoms with Gasteiger partial charge < -0.3 is 19.0 Å². The lowest BCUT2D eigenvalue weighted by Crippen LogP contribution is -2.42. The molecule has 1 aromatic heterocycles. The summed E-state index contributed by atoms with van der Waals surface area (Å²) in [6, 6.07) is 10.9. The Labute approximate surface area is 183 Å². The number of likely N-dealkylation sites (tertiary alicyclic amines) is 1. The number of amides is 2. The number of carbonyl (C=O) groups excluding carboxylic acids is 2. The maximum Gasteiger partial charge on any atom is 0.255 e. The molecule has 162 valence electrons. The summed E-state index contributed by atoms with van der Waals surface area (Å²) in [5.41, 5.74) is 0.585. The molecule has 2 fully saturated rings. The lowest BCUT2D eigenvalue weighted by molar-refractivity contribution is -0.134. The minimum Gasteiger partial charge on any atom is -0.490 e. The van der Waals surface area contributed by atoms with E-state index >= 15 is 0 Å². The molecule has 0 atom stereocenters. The average Bonchev–Trinajstić information content (AvgIpc) is 3.53. The van der Waals surface area contributed by atoms with Gasteiger partial charge in [0.25, 0.3) is 5.91 Å². The molecule has 2 heterocycles. The van der Waals surface area contributed by atoms with Crippen LogP contribution < -0.4 is 4.74 Å². The molecule has 0 radical (unpaired) electrons. The van der Waals surface area contributed by atoms with Crippen LogP contribution in [0, 0.1) is 17.8 Å². The van der Waals surface area contributed by atoms with Crippen molar-refractivity contribution in [2.24, 2.45) is 5.92 Å². The summed E-state index contributed by atoms with van der Waals surface area (Å²) in [5.74, 6) is 7.75. The van der Waals surface area contributed by atoms with E-state index in [9.17, 15) is 9.59 Å². The van der Waals surface area contributed by atoms with Gasteiger partial charge in [-0.15, -0.1) is 5.92 Å². The largest absolute Gasteiger partial charge is 0.490 e. The fourth-order valence-electron chi connectivity index (χ4n) is 3.80. The number of benzene rings is 1. The molecule has 4 rings (SSSR count). The van der Waals surface area contributed by atoms with Gasteiger partial charge in [-0.1, -0.05) is 5.92 Å². The van der Waals surface area contributed by atoms with Gasteiger partial charge >= 0.3 is 0 Å². The van der Waals surface area contributed by atoms with Crippen molar-refractivity contribution in [1.29, 1.82) is 0 Å². The quantitative estimate of drug-likeness (QED) is 0.641. The van der Waals surface area contributed by atoms with Gasteiger partial charge in [0.15, 0.2) is 0 Å². The number of nitrogens with zero attached hydrogens (tertiary/aromatic N) is 2. The van der Waals surface area contributed by atoms with Gasteiger partial charge in [0.2, 0.25) is 5.91 Å². The second-order valence-corrected chi connectivity index (χ2v) is 8.11. The summed E-state index contributed by atoms with van der Waals surface area (Å²) in [4.78, 5) is 28.8. The fourth-order valence-corrected chi connectivity index (χ4v) is 3.80. The Kier molecular flexibility index (Phi) is 6.61. The van der Waals surface area contributed by atoms with E-state index in [-0.39, 0.29) is 17.9 Å². The summed E-state index contributed by atoms with van der Waals surface area (Å²) in [7, 11) is 0. The first-order chi connectivity index (χ1) is 15.1. The van der Waals surface area contributed by atoms with Crippen LogP contribution in [0.1, 0.15) is 48.7 Å². The maximum atomic E-state index is 13.0.